The van der Waals surface area contributed by atoms with E-state index >= 15 is 0 Å². The number of nitrogens with two attached hydrogens (primary N) is 1. The molecule has 1 aromatic carbocycles. The van der Waals surface area contributed by atoms with Gasteiger partial charge >= 0.3 is 0 Å². The molecule has 1 aromatic rings. The normalized spacial score (nSPS) is 13.1. The predicted molar refractivity (Wildman–Crippen MR) is 71.2 cm³/mol. The Labute approximate surface area is 108 Å². The molecule has 0 aliphatic carbocycles. The molecule has 17 heavy (non-hydrogen) atoms. The van der Waals surface area contributed by atoms with E-state index in [9.17, 15) is 4.79 Å². The molecule has 0 saturated heterocycles. The summed E-state index contributed by atoms with van der Waals surface area (Å²) in [5, 5.41) is 0.661. The van der Waals surface area contributed by atoms with E-state index in [1.165, 1.54) is 0 Å². The number of amides is 1. The molecule has 3 nitrogen and oxygen atoms in total. The monoisotopic (exact) mass is 254 g/mol. The highest BCUT2D eigenvalue weighted by Gasteiger charge is 2.20. The zero-order valence-electron chi connectivity index (χ0n) is 10.5. The van der Waals surface area contributed by atoms with E-state index in [0.29, 0.717) is 17.6 Å². The van der Waals surface area contributed by atoms with Crippen molar-refractivity contribution in [3.63, 3.8) is 0 Å². The Hall–Kier alpha value is -1.06. The van der Waals surface area contributed by atoms with Gasteiger partial charge in [-0.05, 0) is 38.6 Å². The van der Waals surface area contributed by atoms with Gasteiger partial charge in [0.15, 0.2) is 0 Å². The molecule has 0 bridgehead atoms. The standard InChI is InChI=1S/C13H19ClN2O/c1-9(2)16(3)8-12(13(15)17)10-4-6-11(14)7-5-10/h4-7,9,12H,8H2,1-3H3,(H2,15,17). The first-order chi connectivity index (χ1) is 7.91. The van der Waals surface area contributed by atoms with Gasteiger partial charge in [-0.25, -0.2) is 0 Å². The Morgan fingerprint density at radius 1 is 1.35 bits per heavy atom. The lowest BCUT2D eigenvalue weighted by Gasteiger charge is -2.25. The van der Waals surface area contributed by atoms with Gasteiger partial charge in [0.25, 0.3) is 0 Å². The summed E-state index contributed by atoms with van der Waals surface area (Å²) in [7, 11) is 1.98. The van der Waals surface area contributed by atoms with Crippen molar-refractivity contribution in [3.05, 3.63) is 34.9 Å². The molecule has 1 rings (SSSR count). The molecule has 1 atom stereocenters. The van der Waals surface area contributed by atoms with Crippen molar-refractivity contribution in [1.29, 1.82) is 0 Å². The van der Waals surface area contributed by atoms with Crippen LogP contribution in [0.5, 0.6) is 0 Å². The second-order valence-corrected chi connectivity index (χ2v) is 4.98. The number of hydrogen-bond acceptors (Lipinski definition) is 2. The van der Waals surface area contributed by atoms with Crippen LogP contribution in [0.3, 0.4) is 0 Å². The first kappa shape index (κ1) is 14.0. The van der Waals surface area contributed by atoms with E-state index in [1.807, 2.05) is 19.2 Å². The number of carbonyl (C=O) groups is 1. The number of primary amides is 1. The number of nitrogens with zero attached hydrogens (tertiary/aromatic N) is 1. The predicted octanol–water partition coefficient (Wildman–Crippen LogP) is 2.25. The van der Waals surface area contributed by atoms with Gasteiger partial charge in [0.2, 0.25) is 5.91 Å². The average molecular weight is 255 g/mol. The Morgan fingerprint density at radius 3 is 2.29 bits per heavy atom. The summed E-state index contributed by atoms with van der Waals surface area (Å²) in [5.41, 5.74) is 6.37. The van der Waals surface area contributed by atoms with Crippen molar-refractivity contribution in [1.82, 2.24) is 4.90 Å². The minimum Gasteiger partial charge on any atom is -0.369 e. The third-order valence-electron chi connectivity index (χ3n) is 2.97. The summed E-state index contributed by atoms with van der Waals surface area (Å²) < 4.78 is 0. The van der Waals surface area contributed by atoms with E-state index in [1.54, 1.807) is 12.1 Å². The highest BCUT2D eigenvalue weighted by molar-refractivity contribution is 6.30. The van der Waals surface area contributed by atoms with Crippen molar-refractivity contribution in [3.8, 4) is 0 Å². The molecule has 1 unspecified atom stereocenters. The number of likely N-dealkylation sites (N-methyl/N-ethyl adjacent to an activating group) is 1. The van der Waals surface area contributed by atoms with Crippen LogP contribution in [-0.4, -0.2) is 30.4 Å². The van der Waals surface area contributed by atoms with Crippen LogP contribution in [0.1, 0.15) is 25.3 Å². The second-order valence-electron chi connectivity index (χ2n) is 4.54. The molecule has 0 aliphatic heterocycles. The summed E-state index contributed by atoms with van der Waals surface area (Å²) in [6.07, 6.45) is 0. The summed E-state index contributed by atoms with van der Waals surface area (Å²) in [6, 6.07) is 7.64. The molecule has 0 heterocycles. The molecule has 2 N–H and O–H groups in total. The Morgan fingerprint density at radius 2 is 1.88 bits per heavy atom. The van der Waals surface area contributed by atoms with E-state index in [4.69, 9.17) is 17.3 Å². The lowest BCUT2D eigenvalue weighted by Crippen LogP contribution is -2.36. The fourth-order valence-electron chi connectivity index (χ4n) is 1.55. The van der Waals surface area contributed by atoms with E-state index in [2.05, 4.69) is 18.7 Å². The van der Waals surface area contributed by atoms with Crippen molar-refractivity contribution in [2.24, 2.45) is 5.73 Å². The topological polar surface area (TPSA) is 46.3 Å². The maximum absolute atomic E-state index is 11.5. The molecule has 0 aliphatic rings. The molecule has 0 spiro atoms. The lowest BCUT2D eigenvalue weighted by molar-refractivity contribution is -0.119. The van der Waals surface area contributed by atoms with Crippen LogP contribution in [0.4, 0.5) is 0 Å². The van der Waals surface area contributed by atoms with Gasteiger partial charge in [0.05, 0.1) is 5.92 Å². The van der Waals surface area contributed by atoms with Gasteiger partial charge < -0.3 is 10.6 Å². The molecule has 0 radical (unpaired) electrons. The van der Waals surface area contributed by atoms with E-state index < -0.39 is 0 Å². The molecule has 0 aromatic heterocycles. The number of halogens is 1. The zero-order valence-corrected chi connectivity index (χ0v) is 11.2. The fourth-order valence-corrected chi connectivity index (χ4v) is 1.68. The molecular weight excluding hydrogens is 236 g/mol. The molecule has 0 fully saturated rings. The number of benzene rings is 1. The van der Waals surface area contributed by atoms with Crippen LogP contribution >= 0.6 is 11.6 Å². The van der Waals surface area contributed by atoms with Crippen LogP contribution in [-0.2, 0) is 4.79 Å². The highest BCUT2D eigenvalue weighted by Crippen LogP contribution is 2.19. The molecule has 0 saturated carbocycles. The third kappa shape index (κ3) is 4.02. The first-order valence-corrected chi connectivity index (χ1v) is 6.04. The van der Waals surface area contributed by atoms with Crippen molar-refractivity contribution in [2.75, 3.05) is 13.6 Å². The summed E-state index contributed by atoms with van der Waals surface area (Å²) in [5.74, 6) is -0.598. The zero-order chi connectivity index (χ0) is 13.0. The van der Waals surface area contributed by atoms with Gasteiger partial charge in [0.1, 0.15) is 0 Å². The SMILES string of the molecule is CC(C)N(C)CC(C(N)=O)c1ccc(Cl)cc1. The first-order valence-electron chi connectivity index (χ1n) is 5.67. The van der Waals surface area contributed by atoms with Crippen LogP contribution in [0.2, 0.25) is 5.02 Å². The van der Waals surface area contributed by atoms with Crippen molar-refractivity contribution >= 4 is 17.5 Å². The molecule has 1 amide bonds. The number of hydrogen-bond donors (Lipinski definition) is 1. The highest BCUT2D eigenvalue weighted by atomic mass is 35.5. The smallest absolute Gasteiger partial charge is 0.226 e. The van der Waals surface area contributed by atoms with Gasteiger partial charge in [0, 0.05) is 17.6 Å². The molecule has 4 heteroatoms. The van der Waals surface area contributed by atoms with Crippen LogP contribution in [0, 0.1) is 0 Å². The molecular formula is C13H19ClN2O. The van der Waals surface area contributed by atoms with Crippen LogP contribution in [0.15, 0.2) is 24.3 Å². The van der Waals surface area contributed by atoms with Gasteiger partial charge in [-0.3, -0.25) is 4.79 Å². The Bertz CT molecular complexity index is 376. The maximum atomic E-state index is 11.5. The van der Waals surface area contributed by atoms with Crippen LogP contribution in [0.25, 0.3) is 0 Å². The van der Waals surface area contributed by atoms with Crippen molar-refractivity contribution < 1.29 is 4.79 Å². The average Bonchev–Trinajstić information content (AvgIpc) is 2.26. The summed E-state index contributed by atoms with van der Waals surface area (Å²) in [6.45, 7) is 4.79. The quantitative estimate of drug-likeness (QED) is 0.876. The largest absolute Gasteiger partial charge is 0.369 e. The minimum absolute atomic E-state index is 0.292. The molecule has 94 valence electrons. The maximum Gasteiger partial charge on any atom is 0.226 e. The summed E-state index contributed by atoms with van der Waals surface area (Å²) >= 11 is 5.83. The van der Waals surface area contributed by atoms with Gasteiger partial charge in [-0.1, -0.05) is 23.7 Å². The second kappa shape index (κ2) is 6.03. The van der Waals surface area contributed by atoms with Gasteiger partial charge in [-0.15, -0.1) is 0 Å². The Balaban J connectivity index is 2.86. The van der Waals surface area contributed by atoms with Crippen molar-refractivity contribution in [2.45, 2.75) is 25.8 Å². The number of rotatable bonds is 5. The summed E-state index contributed by atoms with van der Waals surface area (Å²) in [4.78, 5) is 13.6. The Kier molecular flexibility index (Phi) is 4.97. The van der Waals surface area contributed by atoms with Gasteiger partial charge in [-0.2, -0.15) is 0 Å². The van der Waals surface area contributed by atoms with E-state index in [-0.39, 0.29) is 11.8 Å². The number of carbonyl (C=O) groups excluding carboxylic acids is 1. The lowest BCUT2D eigenvalue weighted by atomic mass is 9.97. The van der Waals surface area contributed by atoms with Crippen LogP contribution < -0.4 is 5.73 Å². The minimum atomic E-state index is -0.306. The third-order valence-corrected chi connectivity index (χ3v) is 3.22. The van der Waals surface area contributed by atoms with E-state index in [0.717, 1.165) is 5.56 Å². The fraction of sp³-hybridized carbons (Fsp3) is 0.462.